The van der Waals surface area contributed by atoms with Gasteiger partial charge >= 0.3 is 11.8 Å². The van der Waals surface area contributed by atoms with E-state index in [4.69, 9.17) is 5.84 Å². The van der Waals surface area contributed by atoms with Gasteiger partial charge in [-0.3, -0.25) is 15.0 Å². The van der Waals surface area contributed by atoms with E-state index in [0.717, 1.165) is 19.3 Å². The number of hydrogen-bond acceptors (Lipinski definition) is 3. The third-order valence-electron chi connectivity index (χ3n) is 2.21. The number of nitrogens with zero attached hydrogens (tertiary/aromatic N) is 1. The first kappa shape index (κ1) is 13.9. The molecule has 3 N–H and O–H groups in total. The molecule has 0 unspecified atom stereocenters. The quantitative estimate of drug-likeness (QED) is 0.229. The zero-order chi connectivity index (χ0) is 11.8. The van der Waals surface area contributed by atoms with Crippen molar-refractivity contribution in [2.24, 2.45) is 5.84 Å². The molecule has 0 aromatic heterocycles. The van der Waals surface area contributed by atoms with E-state index in [1.165, 1.54) is 4.90 Å². The number of amides is 2. The lowest BCUT2D eigenvalue weighted by Gasteiger charge is -2.25. The Kier molecular flexibility index (Phi) is 6.70. The van der Waals surface area contributed by atoms with Crippen LogP contribution in [-0.4, -0.2) is 29.3 Å². The zero-order valence-corrected chi connectivity index (χ0v) is 9.75. The van der Waals surface area contributed by atoms with Gasteiger partial charge in [0, 0.05) is 12.6 Å². The van der Waals surface area contributed by atoms with Crippen molar-refractivity contribution in [3.8, 4) is 0 Å². The summed E-state index contributed by atoms with van der Waals surface area (Å²) < 4.78 is 0. The minimum Gasteiger partial charge on any atom is -0.332 e. The molecular formula is C10H21N3O2. The van der Waals surface area contributed by atoms with E-state index in [-0.39, 0.29) is 6.04 Å². The second kappa shape index (κ2) is 7.23. The summed E-state index contributed by atoms with van der Waals surface area (Å²) in [7, 11) is 0. The molecule has 0 spiro atoms. The zero-order valence-electron chi connectivity index (χ0n) is 9.75. The molecule has 0 fully saturated rings. The second-order valence-corrected chi connectivity index (χ2v) is 3.77. The van der Waals surface area contributed by atoms with Gasteiger partial charge in [0.05, 0.1) is 0 Å². The summed E-state index contributed by atoms with van der Waals surface area (Å²) in [5, 5.41) is 0. The molecule has 5 heteroatoms. The van der Waals surface area contributed by atoms with E-state index in [1.807, 2.05) is 19.3 Å². The maximum atomic E-state index is 11.5. The summed E-state index contributed by atoms with van der Waals surface area (Å²) in [5.74, 6) is 3.62. The highest BCUT2D eigenvalue weighted by atomic mass is 16.2. The molecule has 0 aromatic carbocycles. The molecule has 0 radical (unpaired) electrons. The summed E-state index contributed by atoms with van der Waals surface area (Å²) in [6.07, 6.45) is 3.06. The number of nitrogens with one attached hydrogen (secondary N) is 1. The van der Waals surface area contributed by atoms with Gasteiger partial charge < -0.3 is 4.90 Å². The van der Waals surface area contributed by atoms with Gasteiger partial charge in [-0.25, -0.2) is 5.84 Å². The van der Waals surface area contributed by atoms with Gasteiger partial charge in [-0.2, -0.15) is 0 Å². The van der Waals surface area contributed by atoms with Gasteiger partial charge in [0.1, 0.15) is 0 Å². The molecule has 5 nitrogen and oxygen atoms in total. The number of hydrazine groups is 1. The fourth-order valence-electron chi connectivity index (χ4n) is 1.32. The van der Waals surface area contributed by atoms with Crippen molar-refractivity contribution in [2.75, 3.05) is 6.54 Å². The molecule has 0 aliphatic carbocycles. The van der Waals surface area contributed by atoms with Crippen LogP contribution in [0, 0.1) is 0 Å². The van der Waals surface area contributed by atoms with E-state index in [9.17, 15) is 9.59 Å². The molecular weight excluding hydrogens is 194 g/mol. The predicted molar refractivity (Wildman–Crippen MR) is 58.7 cm³/mol. The van der Waals surface area contributed by atoms with Crippen LogP contribution in [0.2, 0.25) is 0 Å². The van der Waals surface area contributed by atoms with Gasteiger partial charge in [0.2, 0.25) is 0 Å². The maximum absolute atomic E-state index is 11.5. The van der Waals surface area contributed by atoms with Crippen LogP contribution in [0.4, 0.5) is 0 Å². The monoisotopic (exact) mass is 215 g/mol. The number of carbonyl (C=O) groups is 2. The molecule has 0 heterocycles. The van der Waals surface area contributed by atoms with Crippen LogP contribution in [0.25, 0.3) is 0 Å². The number of rotatable bonds is 5. The molecule has 15 heavy (non-hydrogen) atoms. The largest absolute Gasteiger partial charge is 0.332 e. The first-order valence-corrected chi connectivity index (χ1v) is 5.36. The lowest BCUT2D eigenvalue weighted by molar-refractivity contribution is -0.147. The maximum Gasteiger partial charge on any atom is 0.323 e. The summed E-state index contributed by atoms with van der Waals surface area (Å²) in [6.45, 7) is 6.47. The number of unbranched alkanes of at least 4 members (excludes halogenated alkanes) is 2. The Morgan fingerprint density at radius 2 is 1.93 bits per heavy atom. The van der Waals surface area contributed by atoms with Crippen LogP contribution < -0.4 is 11.3 Å². The average molecular weight is 215 g/mol. The van der Waals surface area contributed by atoms with Crippen molar-refractivity contribution < 1.29 is 9.59 Å². The summed E-state index contributed by atoms with van der Waals surface area (Å²) in [5.41, 5.74) is 1.86. The molecule has 0 rings (SSSR count). The van der Waals surface area contributed by atoms with Crippen LogP contribution in [0.5, 0.6) is 0 Å². The van der Waals surface area contributed by atoms with Crippen LogP contribution >= 0.6 is 0 Å². The predicted octanol–water partition coefficient (Wildman–Crippen LogP) is 0.404. The van der Waals surface area contributed by atoms with Crippen LogP contribution in [0.1, 0.15) is 40.0 Å². The van der Waals surface area contributed by atoms with Crippen molar-refractivity contribution in [3.05, 3.63) is 0 Å². The normalized spacial score (nSPS) is 10.2. The first-order valence-electron chi connectivity index (χ1n) is 5.36. The van der Waals surface area contributed by atoms with Crippen LogP contribution in [0.15, 0.2) is 0 Å². The Hall–Kier alpha value is -1.10. The van der Waals surface area contributed by atoms with Crippen molar-refractivity contribution in [1.29, 1.82) is 0 Å². The topological polar surface area (TPSA) is 75.4 Å². The second-order valence-electron chi connectivity index (χ2n) is 3.77. The Bertz CT molecular complexity index is 217. The highest BCUT2D eigenvalue weighted by molar-refractivity contribution is 6.34. The number of hydrogen-bond donors (Lipinski definition) is 2. The van der Waals surface area contributed by atoms with Gasteiger partial charge in [0.15, 0.2) is 0 Å². The third kappa shape index (κ3) is 4.78. The molecule has 0 atom stereocenters. The van der Waals surface area contributed by atoms with Crippen molar-refractivity contribution in [2.45, 2.75) is 46.1 Å². The average Bonchev–Trinajstić information content (AvgIpc) is 2.22. The number of nitrogens with two attached hydrogens (primary N) is 1. The molecule has 2 amide bonds. The van der Waals surface area contributed by atoms with E-state index >= 15 is 0 Å². The Balaban J connectivity index is 4.26. The van der Waals surface area contributed by atoms with E-state index in [0.29, 0.717) is 6.54 Å². The van der Waals surface area contributed by atoms with Crippen LogP contribution in [0.3, 0.4) is 0 Å². The third-order valence-corrected chi connectivity index (χ3v) is 2.21. The molecule has 0 aromatic rings. The fraction of sp³-hybridized carbons (Fsp3) is 0.800. The van der Waals surface area contributed by atoms with Crippen molar-refractivity contribution >= 4 is 11.8 Å². The van der Waals surface area contributed by atoms with Gasteiger partial charge in [-0.15, -0.1) is 0 Å². The van der Waals surface area contributed by atoms with Crippen molar-refractivity contribution in [3.63, 3.8) is 0 Å². The minimum absolute atomic E-state index is 0.0201. The molecule has 0 aliphatic heterocycles. The summed E-state index contributed by atoms with van der Waals surface area (Å²) in [4.78, 5) is 24.1. The molecule has 88 valence electrons. The Morgan fingerprint density at radius 3 is 2.33 bits per heavy atom. The van der Waals surface area contributed by atoms with E-state index in [1.54, 1.807) is 0 Å². The Labute approximate surface area is 91.0 Å². The lowest BCUT2D eigenvalue weighted by Crippen LogP contribution is -2.48. The molecule has 0 saturated carbocycles. The van der Waals surface area contributed by atoms with E-state index < -0.39 is 11.8 Å². The first-order chi connectivity index (χ1) is 7.04. The smallest absolute Gasteiger partial charge is 0.323 e. The Morgan fingerprint density at radius 1 is 1.33 bits per heavy atom. The standard InChI is InChI=1S/C10H21N3O2/c1-4-5-6-7-13(8(2)3)10(15)9(14)12-11/h8H,4-7,11H2,1-3H3,(H,12,14). The summed E-state index contributed by atoms with van der Waals surface area (Å²) in [6, 6.07) is 0.0201. The highest BCUT2D eigenvalue weighted by Crippen LogP contribution is 2.03. The van der Waals surface area contributed by atoms with E-state index in [2.05, 4.69) is 6.92 Å². The van der Waals surface area contributed by atoms with Crippen LogP contribution in [-0.2, 0) is 9.59 Å². The van der Waals surface area contributed by atoms with Gasteiger partial charge in [-0.05, 0) is 20.3 Å². The molecule has 0 bridgehead atoms. The van der Waals surface area contributed by atoms with Crippen molar-refractivity contribution in [1.82, 2.24) is 10.3 Å². The van der Waals surface area contributed by atoms with Gasteiger partial charge in [-0.1, -0.05) is 19.8 Å². The molecule has 0 saturated heterocycles. The lowest BCUT2D eigenvalue weighted by atomic mass is 10.2. The molecule has 0 aliphatic rings. The fourth-order valence-corrected chi connectivity index (χ4v) is 1.32. The SMILES string of the molecule is CCCCCN(C(=O)C(=O)NN)C(C)C. The summed E-state index contributed by atoms with van der Waals surface area (Å²) >= 11 is 0. The highest BCUT2D eigenvalue weighted by Gasteiger charge is 2.22. The van der Waals surface area contributed by atoms with Gasteiger partial charge in [0.25, 0.3) is 0 Å². The number of carbonyl (C=O) groups excluding carboxylic acids is 2. The minimum atomic E-state index is -0.750.